The molecule has 0 spiro atoms. The van der Waals surface area contributed by atoms with Crippen LogP contribution in [0.25, 0.3) is 0 Å². The monoisotopic (exact) mass is 260 g/mol. The average Bonchev–Trinajstić information content (AvgIpc) is 2.29. The molecule has 0 aromatic heterocycles. The highest BCUT2D eigenvalue weighted by Crippen LogP contribution is 2.43. The maximum absolute atomic E-state index is 12.1. The van der Waals surface area contributed by atoms with Gasteiger partial charge in [0.1, 0.15) is 0 Å². The summed E-state index contributed by atoms with van der Waals surface area (Å²) in [4.78, 5) is 0. The first-order valence-electron chi connectivity index (χ1n) is 6.77. The molecule has 1 aliphatic carbocycles. The van der Waals surface area contributed by atoms with Crippen LogP contribution in [0.4, 0.5) is 0 Å². The van der Waals surface area contributed by atoms with Crippen molar-refractivity contribution < 1.29 is 8.42 Å². The van der Waals surface area contributed by atoms with E-state index < -0.39 is 10.0 Å². The van der Waals surface area contributed by atoms with E-state index in [1.807, 2.05) is 0 Å². The van der Waals surface area contributed by atoms with E-state index in [0.717, 1.165) is 25.8 Å². The van der Waals surface area contributed by atoms with Crippen LogP contribution in [0.3, 0.4) is 0 Å². The van der Waals surface area contributed by atoms with E-state index in [1.54, 1.807) is 0 Å². The Kier molecular flexibility index (Phi) is 4.10. The molecule has 1 aliphatic heterocycles. The third-order valence-electron chi connectivity index (χ3n) is 4.50. The third kappa shape index (κ3) is 3.01. The molecule has 2 fully saturated rings. The van der Waals surface area contributed by atoms with E-state index in [1.165, 1.54) is 19.3 Å². The summed E-state index contributed by atoms with van der Waals surface area (Å²) in [6, 6.07) is 0. The van der Waals surface area contributed by atoms with Gasteiger partial charge in [0.05, 0.1) is 5.25 Å². The van der Waals surface area contributed by atoms with E-state index in [-0.39, 0.29) is 10.7 Å². The molecule has 17 heavy (non-hydrogen) atoms. The maximum Gasteiger partial charge on any atom is 0.215 e. The fourth-order valence-electron chi connectivity index (χ4n) is 2.79. The zero-order chi connectivity index (χ0) is 12.4. The summed E-state index contributed by atoms with van der Waals surface area (Å²) in [5.41, 5.74) is 0.259. The first-order chi connectivity index (χ1) is 8.08. The topological polar surface area (TPSA) is 58.2 Å². The zero-order valence-corrected chi connectivity index (χ0v) is 11.5. The quantitative estimate of drug-likeness (QED) is 0.782. The minimum atomic E-state index is -3.12. The van der Waals surface area contributed by atoms with Gasteiger partial charge in [0, 0.05) is 13.1 Å². The molecule has 0 bridgehead atoms. The predicted molar refractivity (Wildman–Crippen MR) is 69.4 cm³/mol. The number of piperidine rings is 1. The smallest absolute Gasteiger partial charge is 0.215 e. The van der Waals surface area contributed by atoms with Crippen molar-refractivity contribution in [1.82, 2.24) is 10.0 Å². The summed E-state index contributed by atoms with van der Waals surface area (Å²) in [6.45, 7) is 4.36. The van der Waals surface area contributed by atoms with Crippen molar-refractivity contribution in [1.29, 1.82) is 0 Å². The Morgan fingerprint density at radius 1 is 1.35 bits per heavy atom. The summed E-state index contributed by atoms with van der Waals surface area (Å²) in [6.07, 6.45) is 6.44. The minimum Gasteiger partial charge on any atom is -0.315 e. The molecule has 1 heterocycles. The standard InChI is InChI=1S/C12H24N2O2S/c1-2-12(6-4-7-12)10-14-17(15,16)11-5-3-8-13-9-11/h11,13-14H,2-10H2,1H3. The maximum atomic E-state index is 12.1. The lowest BCUT2D eigenvalue weighted by molar-refractivity contribution is 0.132. The van der Waals surface area contributed by atoms with Gasteiger partial charge in [0.25, 0.3) is 0 Å². The van der Waals surface area contributed by atoms with Crippen LogP contribution in [0.15, 0.2) is 0 Å². The largest absolute Gasteiger partial charge is 0.315 e. The molecule has 2 rings (SSSR count). The molecule has 0 amide bonds. The number of sulfonamides is 1. The van der Waals surface area contributed by atoms with Crippen LogP contribution in [-0.2, 0) is 10.0 Å². The van der Waals surface area contributed by atoms with Gasteiger partial charge >= 0.3 is 0 Å². The van der Waals surface area contributed by atoms with Gasteiger partial charge in [0.2, 0.25) is 10.0 Å². The second-order valence-corrected chi connectivity index (χ2v) is 7.59. The lowest BCUT2D eigenvalue weighted by Gasteiger charge is -2.41. The fourth-order valence-corrected chi connectivity index (χ4v) is 4.35. The van der Waals surface area contributed by atoms with Crippen molar-refractivity contribution in [3.05, 3.63) is 0 Å². The summed E-state index contributed by atoms with van der Waals surface area (Å²) < 4.78 is 27.1. The Bertz CT molecular complexity index is 338. The van der Waals surface area contributed by atoms with Crippen LogP contribution in [-0.4, -0.2) is 33.3 Å². The average molecular weight is 260 g/mol. The third-order valence-corrected chi connectivity index (χ3v) is 6.33. The van der Waals surface area contributed by atoms with Crippen molar-refractivity contribution in [2.45, 2.75) is 50.7 Å². The van der Waals surface area contributed by atoms with Gasteiger partial charge in [-0.1, -0.05) is 13.3 Å². The zero-order valence-electron chi connectivity index (χ0n) is 10.7. The molecule has 100 valence electrons. The second-order valence-electron chi connectivity index (χ2n) is 5.54. The van der Waals surface area contributed by atoms with Gasteiger partial charge in [-0.2, -0.15) is 0 Å². The van der Waals surface area contributed by atoms with E-state index in [4.69, 9.17) is 0 Å². The van der Waals surface area contributed by atoms with Gasteiger partial charge in [-0.25, -0.2) is 13.1 Å². The Hall–Kier alpha value is -0.130. The molecule has 1 saturated carbocycles. The van der Waals surface area contributed by atoms with E-state index >= 15 is 0 Å². The normalized spacial score (nSPS) is 28.6. The first kappa shape index (κ1) is 13.3. The molecule has 0 radical (unpaired) electrons. The highest BCUT2D eigenvalue weighted by Gasteiger charge is 2.37. The number of hydrogen-bond acceptors (Lipinski definition) is 3. The van der Waals surface area contributed by atoms with E-state index in [0.29, 0.717) is 13.1 Å². The minimum absolute atomic E-state index is 0.231. The van der Waals surface area contributed by atoms with E-state index in [9.17, 15) is 8.42 Å². The Balaban J connectivity index is 1.88. The molecule has 2 N–H and O–H groups in total. The Morgan fingerprint density at radius 2 is 2.12 bits per heavy atom. The number of rotatable bonds is 5. The molecular weight excluding hydrogens is 236 g/mol. The van der Waals surface area contributed by atoms with E-state index in [2.05, 4.69) is 17.0 Å². The van der Waals surface area contributed by atoms with Crippen molar-refractivity contribution in [2.24, 2.45) is 5.41 Å². The van der Waals surface area contributed by atoms with Gasteiger partial charge in [0.15, 0.2) is 0 Å². The molecular formula is C12H24N2O2S. The van der Waals surface area contributed by atoms with Crippen molar-refractivity contribution >= 4 is 10.0 Å². The highest BCUT2D eigenvalue weighted by molar-refractivity contribution is 7.90. The molecule has 1 saturated heterocycles. The van der Waals surface area contributed by atoms with Crippen LogP contribution in [0.2, 0.25) is 0 Å². The molecule has 0 aromatic carbocycles. The summed E-state index contributed by atoms with van der Waals surface area (Å²) in [5, 5.41) is 2.93. The van der Waals surface area contributed by atoms with Gasteiger partial charge in [-0.3, -0.25) is 0 Å². The molecule has 5 heteroatoms. The van der Waals surface area contributed by atoms with Crippen LogP contribution in [0.5, 0.6) is 0 Å². The van der Waals surface area contributed by atoms with Crippen LogP contribution >= 0.6 is 0 Å². The van der Waals surface area contributed by atoms with Gasteiger partial charge in [-0.05, 0) is 44.1 Å². The molecule has 4 nitrogen and oxygen atoms in total. The summed E-state index contributed by atoms with van der Waals surface area (Å²) in [5.74, 6) is 0. The van der Waals surface area contributed by atoms with Crippen LogP contribution < -0.4 is 10.0 Å². The molecule has 0 aromatic rings. The Morgan fingerprint density at radius 3 is 2.59 bits per heavy atom. The van der Waals surface area contributed by atoms with Crippen molar-refractivity contribution in [3.8, 4) is 0 Å². The van der Waals surface area contributed by atoms with Crippen molar-refractivity contribution in [3.63, 3.8) is 0 Å². The van der Waals surface area contributed by atoms with Gasteiger partial charge < -0.3 is 5.32 Å². The summed E-state index contributed by atoms with van der Waals surface area (Å²) >= 11 is 0. The SMILES string of the molecule is CCC1(CNS(=O)(=O)C2CCCNC2)CCC1. The predicted octanol–water partition coefficient (Wildman–Crippen LogP) is 1.24. The highest BCUT2D eigenvalue weighted by atomic mass is 32.2. The fraction of sp³-hybridized carbons (Fsp3) is 1.00. The Labute approximate surface area is 105 Å². The molecule has 1 unspecified atom stereocenters. The lowest BCUT2D eigenvalue weighted by atomic mass is 9.67. The lowest BCUT2D eigenvalue weighted by Crippen LogP contribution is -2.48. The van der Waals surface area contributed by atoms with Crippen LogP contribution in [0, 0.1) is 5.41 Å². The number of nitrogens with one attached hydrogen (secondary N) is 2. The van der Waals surface area contributed by atoms with Crippen LogP contribution in [0.1, 0.15) is 45.4 Å². The van der Waals surface area contributed by atoms with Crippen molar-refractivity contribution in [2.75, 3.05) is 19.6 Å². The summed E-state index contributed by atoms with van der Waals surface area (Å²) in [7, 11) is -3.12. The second kappa shape index (κ2) is 5.24. The van der Waals surface area contributed by atoms with Gasteiger partial charge in [-0.15, -0.1) is 0 Å². The molecule has 1 atom stereocenters. The molecule has 2 aliphatic rings. The number of hydrogen-bond donors (Lipinski definition) is 2. The first-order valence-corrected chi connectivity index (χ1v) is 8.32.